The van der Waals surface area contributed by atoms with Crippen LogP contribution in [-0.2, 0) is 21.4 Å². The second kappa shape index (κ2) is 9.79. The third kappa shape index (κ3) is 5.62. The fraction of sp³-hybridized carbons (Fsp3) is 0.250. The third-order valence-electron chi connectivity index (χ3n) is 4.18. The van der Waals surface area contributed by atoms with Gasteiger partial charge in [0.05, 0.1) is 16.3 Å². The summed E-state index contributed by atoms with van der Waals surface area (Å²) in [7, 11) is -3.76. The number of benzene rings is 1. The molecule has 2 heterocycles. The highest BCUT2D eigenvalue weighted by atomic mass is 32.2. The molecular weight excluding hydrogens is 424 g/mol. The number of thiophene rings is 1. The molecule has 0 spiro atoms. The lowest BCUT2D eigenvalue weighted by atomic mass is 10.3. The first kappa shape index (κ1) is 21.9. The number of aromatic nitrogens is 2. The van der Waals surface area contributed by atoms with Crippen molar-refractivity contribution in [2.24, 2.45) is 0 Å². The van der Waals surface area contributed by atoms with Gasteiger partial charge in [-0.1, -0.05) is 13.0 Å². The highest BCUT2D eigenvalue weighted by molar-refractivity contribution is 7.89. The van der Waals surface area contributed by atoms with E-state index in [2.05, 4.69) is 15.1 Å². The van der Waals surface area contributed by atoms with Crippen LogP contribution in [-0.4, -0.2) is 30.7 Å². The minimum atomic E-state index is -3.76. The van der Waals surface area contributed by atoms with Crippen LogP contribution in [0, 0.1) is 0 Å². The number of anilines is 1. The summed E-state index contributed by atoms with van der Waals surface area (Å²) in [5, 5.41) is 8.93. The van der Waals surface area contributed by atoms with Crippen molar-refractivity contribution >= 4 is 33.0 Å². The van der Waals surface area contributed by atoms with Crippen molar-refractivity contribution in [3.63, 3.8) is 0 Å². The molecule has 30 heavy (non-hydrogen) atoms. The monoisotopic (exact) mass is 446 g/mol. The number of sulfonamides is 1. The van der Waals surface area contributed by atoms with E-state index in [-0.39, 0.29) is 29.5 Å². The van der Waals surface area contributed by atoms with Crippen molar-refractivity contribution in [3.8, 4) is 10.6 Å². The molecule has 0 unspecified atom stereocenters. The first-order valence-corrected chi connectivity index (χ1v) is 11.8. The van der Waals surface area contributed by atoms with Gasteiger partial charge in [0.25, 0.3) is 5.56 Å². The Labute approximate surface area is 178 Å². The molecule has 2 N–H and O–H groups in total. The molecule has 0 radical (unpaired) electrons. The summed E-state index contributed by atoms with van der Waals surface area (Å²) >= 11 is 1.51. The molecule has 10 heteroatoms. The van der Waals surface area contributed by atoms with E-state index in [1.807, 2.05) is 24.4 Å². The second-order valence-electron chi connectivity index (χ2n) is 6.48. The van der Waals surface area contributed by atoms with E-state index < -0.39 is 10.0 Å². The fourth-order valence-electron chi connectivity index (χ4n) is 2.70. The van der Waals surface area contributed by atoms with E-state index >= 15 is 0 Å². The van der Waals surface area contributed by atoms with Crippen LogP contribution in [0.2, 0.25) is 0 Å². The van der Waals surface area contributed by atoms with Gasteiger partial charge in [-0.05, 0) is 48.2 Å². The van der Waals surface area contributed by atoms with Gasteiger partial charge in [-0.3, -0.25) is 9.59 Å². The summed E-state index contributed by atoms with van der Waals surface area (Å²) in [6, 6.07) is 12.8. The van der Waals surface area contributed by atoms with Crippen LogP contribution in [0.5, 0.6) is 0 Å². The van der Waals surface area contributed by atoms with Gasteiger partial charge < -0.3 is 5.32 Å². The number of hydrogen-bond donors (Lipinski definition) is 2. The van der Waals surface area contributed by atoms with E-state index in [0.717, 1.165) is 11.3 Å². The maximum Gasteiger partial charge on any atom is 0.266 e. The van der Waals surface area contributed by atoms with Crippen molar-refractivity contribution in [1.82, 2.24) is 14.5 Å². The quantitative estimate of drug-likeness (QED) is 0.525. The molecule has 158 valence electrons. The summed E-state index contributed by atoms with van der Waals surface area (Å²) in [6.07, 6.45) is 1.14. The third-order valence-corrected chi connectivity index (χ3v) is 6.55. The lowest BCUT2D eigenvalue weighted by Gasteiger charge is -2.10. The number of amides is 1. The van der Waals surface area contributed by atoms with Gasteiger partial charge in [0.2, 0.25) is 15.9 Å². The smallest absolute Gasteiger partial charge is 0.266 e. The van der Waals surface area contributed by atoms with Gasteiger partial charge in [0.1, 0.15) is 5.69 Å². The number of rotatable bonds is 9. The highest BCUT2D eigenvalue weighted by Gasteiger charge is 2.14. The lowest BCUT2D eigenvalue weighted by molar-refractivity contribution is -0.116. The average Bonchev–Trinajstić information content (AvgIpc) is 3.25. The fourth-order valence-corrected chi connectivity index (χ4v) is 4.41. The number of nitrogens with one attached hydrogen (secondary N) is 2. The van der Waals surface area contributed by atoms with Crippen molar-refractivity contribution in [2.45, 2.75) is 31.2 Å². The molecule has 3 rings (SSSR count). The van der Waals surface area contributed by atoms with E-state index in [9.17, 15) is 18.0 Å². The molecule has 0 saturated carbocycles. The van der Waals surface area contributed by atoms with Crippen LogP contribution in [0.15, 0.2) is 63.6 Å². The second-order valence-corrected chi connectivity index (χ2v) is 9.19. The Morgan fingerprint density at radius 2 is 1.90 bits per heavy atom. The van der Waals surface area contributed by atoms with E-state index in [1.54, 1.807) is 18.2 Å². The van der Waals surface area contributed by atoms with Crippen molar-refractivity contribution in [1.29, 1.82) is 0 Å². The Kier molecular flexibility index (Phi) is 7.14. The van der Waals surface area contributed by atoms with E-state index in [1.165, 1.54) is 34.2 Å². The molecule has 8 nitrogen and oxygen atoms in total. The van der Waals surface area contributed by atoms with Gasteiger partial charge in [-0.25, -0.2) is 17.8 Å². The largest absolute Gasteiger partial charge is 0.326 e. The average molecular weight is 447 g/mol. The first-order chi connectivity index (χ1) is 14.4. The lowest BCUT2D eigenvalue weighted by Crippen LogP contribution is -2.32. The molecule has 2 aromatic heterocycles. The van der Waals surface area contributed by atoms with E-state index in [4.69, 9.17) is 0 Å². The van der Waals surface area contributed by atoms with Crippen molar-refractivity contribution in [3.05, 3.63) is 64.3 Å². The Hall–Kier alpha value is -2.82. The molecule has 0 bridgehead atoms. The molecule has 0 aliphatic heterocycles. The van der Waals surface area contributed by atoms with Crippen LogP contribution in [0.3, 0.4) is 0 Å². The predicted octanol–water partition coefficient (Wildman–Crippen LogP) is 2.69. The van der Waals surface area contributed by atoms with Crippen LogP contribution >= 0.6 is 11.3 Å². The summed E-state index contributed by atoms with van der Waals surface area (Å²) < 4.78 is 28.7. The molecule has 0 atom stereocenters. The van der Waals surface area contributed by atoms with Crippen molar-refractivity contribution in [2.75, 3.05) is 11.9 Å². The van der Waals surface area contributed by atoms with E-state index in [0.29, 0.717) is 17.8 Å². The summed E-state index contributed by atoms with van der Waals surface area (Å²) in [6.45, 7) is 2.02. The van der Waals surface area contributed by atoms with Gasteiger partial charge in [-0.2, -0.15) is 5.10 Å². The number of hydrogen-bond acceptors (Lipinski definition) is 6. The molecular formula is C20H22N4O4S2. The minimum Gasteiger partial charge on any atom is -0.326 e. The molecule has 3 aromatic rings. The summed E-state index contributed by atoms with van der Waals surface area (Å²) in [5.41, 5.74) is 0.892. The summed E-state index contributed by atoms with van der Waals surface area (Å²) in [4.78, 5) is 24.7. The molecule has 0 fully saturated rings. The zero-order chi connectivity index (χ0) is 21.6. The Morgan fingerprint density at radius 1 is 1.13 bits per heavy atom. The van der Waals surface area contributed by atoms with Gasteiger partial charge >= 0.3 is 0 Å². The maximum atomic E-state index is 12.5. The van der Waals surface area contributed by atoms with Crippen LogP contribution < -0.4 is 15.6 Å². The topological polar surface area (TPSA) is 110 Å². The predicted molar refractivity (Wildman–Crippen MR) is 117 cm³/mol. The van der Waals surface area contributed by atoms with Gasteiger partial charge in [0.15, 0.2) is 0 Å². The van der Waals surface area contributed by atoms with Crippen LogP contribution in [0.25, 0.3) is 10.6 Å². The number of carbonyl (C=O) groups excluding carboxylic acids is 1. The highest BCUT2D eigenvalue weighted by Crippen LogP contribution is 2.21. The summed E-state index contributed by atoms with van der Waals surface area (Å²) in [5.74, 6) is -0.117. The molecule has 1 aromatic carbocycles. The minimum absolute atomic E-state index is 0.0120. The van der Waals surface area contributed by atoms with Crippen molar-refractivity contribution < 1.29 is 13.2 Å². The number of nitrogens with zero attached hydrogens (tertiary/aromatic N) is 2. The zero-order valence-corrected chi connectivity index (χ0v) is 18.0. The standard InChI is InChI=1S/C20H22N4O4S2/c1-2-4-19(25)22-15-6-8-16(9-7-15)30(27,28)21-12-13-24-20(26)11-10-17(23-24)18-5-3-14-29-18/h3,5-11,14,21H,2,4,12-13H2,1H3,(H,22,25). The SMILES string of the molecule is CCCC(=O)Nc1ccc(S(=O)(=O)NCCn2nc(-c3cccs3)ccc2=O)cc1. The normalized spacial score (nSPS) is 11.4. The van der Waals surface area contributed by atoms with Crippen LogP contribution in [0.4, 0.5) is 5.69 Å². The Morgan fingerprint density at radius 3 is 2.57 bits per heavy atom. The number of carbonyl (C=O) groups is 1. The Balaban J connectivity index is 1.62. The maximum absolute atomic E-state index is 12.5. The molecule has 0 aliphatic carbocycles. The van der Waals surface area contributed by atoms with Gasteiger partial charge in [0, 0.05) is 24.7 Å². The first-order valence-electron chi connectivity index (χ1n) is 9.40. The molecule has 1 amide bonds. The van der Waals surface area contributed by atoms with Gasteiger partial charge in [-0.15, -0.1) is 11.3 Å². The Bertz CT molecular complexity index is 1150. The zero-order valence-electron chi connectivity index (χ0n) is 16.4. The van der Waals surface area contributed by atoms with Crippen LogP contribution in [0.1, 0.15) is 19.8 Å². The molecule has 0 saturated heterocycles. The molecule has 0 aliphatic rings.